The Morgan fingerprint density at radius 2 is 2.35 bits per heavy atom. The third kappa shape index (κ3) is 3.74. The molecule has 1 aromatic carbocycles. The number of carbonyl (C=O) groups is 1. The maximum atomic E-state index is 12.1. The predicted octanol–water partition coefficient (Wildman–Crippen LogP) is 2.38. The van der Waals surface area contributed by atoms with E-state index in [1.165, 1.54) is 0 Å². The molecule has 1 fully saturated rings. The SMILES string of the molecule is CC1CNCCC1NC(=O)COc1ccc(Cl)c2cccnc12. The van der Waals surface area contributed by atoms with Gasteiger partial charge in [0.15, 0.2) is 6.61 Å². The average molecular weight is 334 g/mol. The van der Waals surface area contributed by atoms with E-state index in [2.05, 4.69) is 22.5 Å². The summed E-state index contributed by atoms with van der Waals surface area (Å²) in [6, 6.07) is 7.41. The molecule has 6 heteroatoms. The largest absolute Gasteiger partial charge is 0.481 e. The second-order valence-corrected chi connectivity index (χ2v) is 6.29. The summed E-state index contributed by atoms with van der Waals surface area (Å²) in [6.45, 7) is 3.97. The van der Waals surface area contributed by atoms with Gasteiger partial charge in [0.2, 0.25) is 0 Å². The molecule has 122 valence electrons. The highest BCUT2D eigenvalue weighted by Gasteiger charge is 2.22. The molecule has 0 radical (unpaired) electrons. The lowest BCUT2D eigenvalue weighted by Crippen LogP contribution is -2.49. The number of halogens is 1. The maximum Gasteiger partial charge on any atom is 0.258 e. The summed E-state index contributed by atoms with van der Waals surface area (Å²) < 4.78 is 5.66. The lowest BCUT2D eigenvalue weighted by atomic mass is 9.95. The molecule has 2 N–H and O–H groups in total. The molecule has 1 saturated heterocycles. The van der Waals surface area contributed by atoms with Crippen molar-refractivity contribution in [2.45, 2.75) is 19.4 Å². The topological polar surface area (TPSA) is 63.2 Å². The molecule has 1 amide bonds. The van der Waals surface area contributed by atoms with Gasteiger partial charge in [0.05, 0.1) is 5.02 Å². The molecule has 2 aromatic rings. The van der Waals surface area contributed by atoms with Gasteiger partial charge < -0.3 is 15.4 Å². The molecular formula is C17H20ClN3O2. The van der Waals surface area contributed by atoms with E-state index < -0.39 is 0 Å². The number of carbonyl (C=O) groups excluding carboxylic acids is 1. The Kier molecular flexibility index (Phi) is 4.98. The first kappa shape index (κ1) is 16.0. The summed E-state index contributed by atoms with van der Waals surface area (Å²) in [4.78, 5) is 16.4. The van der Waals surface area contributed by atoms with Crippen LogP contribution in [0.25, 0.3) is 10.9 Å². The highest BCUT2D eigenvalue weighted by atomic mass is 35.5. The third-order valence-corrected chi connectivity index (χ3v) is 4.50. The summed E-state index contributed by atoms with van der Waals surface area (Å²) >= 11 is 6.16. The zero-order chi connectivity index (χ0) is 16.2. The summed E-state index contributed by atoms with van der Waals surface area (Å²) in [6.07, 6.45) is 2.63. The van der Waals surface area contributed by atoms with E-state index >= 15 is 0 Å². The van der Waals surface area contributed by atoms with Gasteiger partial charge in [-0.3, -0.25) is 9.78 Å². The van der Waals surface area contributed by atoms with E-state index in [0.29, 0.717) is 22.2 Å². The normalized spacial score (nSPS) is 21.1. The van der Waals surface area contributed by atoms with Gasteiger partial charge in [-0.25, -0.2) is 0 Å². The number of ether oxygens (including phenoxy) is 1. The monoisotopic (exact) mass is 333 g/mol. The van der Waals surface area contributed by atoms with Crippen molar-refractivity contribution in [1.82, 2.24) is 15.6 Å². The van der Waals surface area contributed by atoms with E-state index in [4.69, 9.17) is 16.3 Å². The van der Waals surface area contributed by atoms with Crippen LogP contribution in [0.15, 0.2) is 30.5 Å². The van der Waals surface area contributed by atoms with Gasteiger partial charge in [-0.05, 0) is 49.7 Å². The van der Waals surface area contributed by atoms with Crippen LogP contribution in [0.3, 0.4) is 0 Å². The minimum Gasteiger partial charge on any atom is -0.481 e. The number of fused-ring (bicyclic) bond motifs is 1. The summed E-state index contributed by atoms with van der Waals surface area (Å²) in [5.74, 6) is 0.881. The molecule has 3 rings (SSSR count). The molecular weight excluding hydrogens is 314 g/mol. The second-order valence-electron chi connectivity index (χ2n) is 5.88. The predicted molar refractivity (Wildman–Crippen MR) is 90.8 cm³/mol. The van der Waals surface area contributed by atoms with E-state index in [1.807, 2.05) is 12.1 Å². The highest BCUT2D eigenvalue weighted by Crippen LogP contribution is 2.29. The van der Waals surface area contributed by atoms with Crippen LogP contribution in [0.5, 0.6) is 5.75 Å². The molecule has 0 saturated carbocycles. The smallest absolute Gasteiger partial charge is 0.258 e. The number of nitrogens with one attached hydrogen (secondary N) is 2. The first-order valence-electron chi connectivity index (χ1n) is 7.81. The Morgan fingerprint density at radius 3 is 3.17 bits per heavy atom. The van der Waals surface area contributed by atoms with Crippen molar-refractivity contribution in [3.63, 3.8) is 0 Å². The van der Waals surface area contributed by atoms with Crippen LogP contribution in [0.4, 0.5) is 0 Å². The zero-order valence-corrected chi connectivity index (χ0v) is 13.8. The number of aromatic nitrogens is 1. The number of rotatable bonds is 4. The molecule has 2 atom stereocenters. The fourth-order valence-electron chi connectivity index (χ4n) is 2.85. The Labute approximate surface area is 140 Å². The van der Waals surface area contributed by atoms with Gasteiger partial charge in [0.25, 0.3) is 5.91 Å². The Morgan fingerprint density at radius 1 is 1.48 bits per heavy atom. The van der Waals surface area contributed by atoms with E-state index in [1.54, 1.807) is 18.3 Å². The van der Waals surface area contributed by atoms with Crippen LogP contribution in [-0.4, -0.2) is 36.6 Å². The molecule has 2 heterocycles. The van der Waals surface area contributed by atoms with Crippen LogP contribution in [-0.2, 0) is 4.79 Å². The van der Waals surface area contributed by atoms with Gasteiger partial charge in [0.1, 0.15) is 11.3 Å². The number of hydrogen-bond donors (Lipinski definition) is 2. The summed E-state index contributed by atoms with van der Waals surface area (Å²) in [7, 11) is 0. The molecule has 2 unspecified atom stereocenters. The van der Waals surface area contributed by atoms with Gasteiger partial charge in [-0.1, -0.05) is 18.5 Å². The highest BCUT2D eigenvalue weighted by molar-refractivity contribution is 6.35. The van der Waals surface area contributed by atoms with Crippen molar-refractivity contribution >= 4 is 28.4 Å². The minimum absolute atomic E-state index is 0.0239. The van der Waals surface area contributed by atoms with Crippen molar-refractivity contribution in [2.24, 2.45) is 5.92 Å². The van der Waals surface area contributed by atoms with Crippen LogP contribution in [0.2, 0.25) is 5.02 Å². The molecule has 5 nitrogen and oxygen atoms in total. The number of pyridine rings is 1. The lowest BCUT2D eigenvalue weighted by Gasteiger charge is -2.30. The average Bonchev–Trinajstić information content (AvgIpc) is 2.57. The fraction of sp³-hybridized carbons (Fsp3) is 0.412. The molecule has 0 aliphatic carbocycles. The van der Waals surface area contributed by atoms with Crippen molar-refractivity contribution in [1.29, 1.82) is 0 Å². The lowest BCUT2D eigenvalue weighted by molar-refractivity contribution is -0.124. The Bertz CT molecular complexity index is 707. The molecule has 1 aliphatic rings. The quantitative estimate of drug-likeness (QED) is 0.901. The summed E-state index contributed by atoms with van der Waals surface area (Å²) in [5, 5.41) is 7.80. The van der Waals surface area contributed by atoms with Crippen molar-refractivity contribution in [3.05, 3.63) is 35.5 Å². The van der Waals surface area contributed by atoms with Crippen molar-refractivity contribution in [2.75, 3.05) is 19.7 Å². The number of amides is 1. The number of nitrogens with zero attached hydrogens (tertiary/aromatic N) is 1. The first-order valence-corrected chi connectivity index (χ1v) is 8.19. The van der Waals surface area contributed by atoms with Crippen molar-refractivity contribution in [3.8, 4) is 5.75 Å². The van der Waals surface area contributed by atoms with E-state index in [0.717, 1.165) is 24.9 Å². The van der Waals surface area contributed by atoms with Crippen LogP contribution >= 0.6 is 11.6 Å². The van der Waals surface area contributed by atoms with E-state index in [-0.39, 0.29) is 18.6 Å². The molecule has 0 bridgehead atoms. The molecule has 1 aromatic heterocycles. The molecule has 0 spiro atoms. The third-order valence-electron chi connectivity index (χ3n) is 4.17. The summed E-state index contributed by atoms with van der Waals surface area (Å²) in [5.41, 5.74) is 0.669. The van der Waals surface area contributed by atoms with Crippen LogP contribution < -0.4 is 15.4 Å². The number of benzene rings is 1. The van der Waals surface area contributed by atoms with Crippen LogP contribution in [0, 0.1) is 5.92 Å². The zero-order valence-electron chi connectivity index (χ0n) is 13.0. The van der Waals surface area contributed by atoms with Gasteiger partial charge in [-0.15, -0.1) is 0 Å². The number of piperidine rings is 1. The Hall–Kier alpha value is -1.85. The van der Waals surface area contributed by atoms with Crippen LogP contribution in [0.1, 0.15) is 13.3 Å². The fourth-order valence-corrected chi connectivity index (χ4v) is 3.06. The number of hydrogen-bond acceptors (Lipinski definition) is 4. The second kappa shape index (κ2) is 7.15. The van der Waals surface area contributed by atoms with Gasteiger partial charge in [0, 0.05) is 17.6 Å². The maximum absolute atomic E-state index is 12.1. The van der Waals surface area contributed by atoms with Gasteiger partial charge >= 0.3 is 0 Å². The first-order chi connectivity index (χ1) is 11.1. The van der Waals surface area contributed by atoms with Crippen molar-refractivity contribution < 1.29 is 9.53 Å². The standard InChI is InChI=1S/C17H20ClN3O2/c1-11-9-19-8-6-14(11)21-16(22)10-23-15-5-4-13(18)12-3-2-7-20-17(12)15/h2-5,7,11,14,19H,6,8-10H2,1H3,(H,21,22). The van der Waals surface area contributed by atoms with Gasteiger partial charge in [-0.2, -0.15) is 0 Å². The Balaban J connectivity index is 1.64. The minimum atomic E-state index is -0.109. The molecule has 23 heavy (non-hydrogen) atoms. The molecule has 1 aliphatic heterocycles. The van der Waals surface area contributed by atoms with E-state index in [9.17, 15) is 4.79 Å².